The van der Waals surface area contributed by atoms with Gasteiger partial charge in [0.1, 0.15) is 0 Å². The van der Waals surface area contributed by atoms with Crippen LogP contribution in [0.3, 0.4) is 0 Å². The monoisotopic (exact) mass is 274 g/mol. The number of halogens is 3. The SMILES string of the molecule is Cc1ccc(NCc2cnc(Cl)s2)c(F)c1F. The molecule has 0 fully saturated rings. The van der Waals surface area contributed by atoms with Crippen LogP contribution in [0.15, 0.2) is 18.3 Å². The summed E-state index contributed by atoms with van der Waals surface area (Å²) in [5, 5.41) is 2.81. The summed E-state index contributed by atoms with van der Waals surface area (Å²) in [4.78, 5) is 4.72. The van der Waals surface area contributed by atoms with Gasteiger partial charge < -0.3 is 5.32 Å². The van der Waals surface area contributed by atoms with Crippen LogP contribution in [-0.2, 0) is 6.54 Å². The molecular formula is C11H9ClF2N2S. The van der Waals surface area contributed by atoms with Crippen LogP contribution in [0, 0.1) is 18.6 Å². The number of rotatable bonds is 3. The first-order valence-electron chi connectivity index (χ1n) is 4.86. The number of aryl methyl sites for hydroxylation is 1. The number of benzene rings is 1. The van der Waals surface area contributed by atoms with E-state index in [1.165, 1.54) is 30.4 Å². The summed E-state index contributed by atoms with van der Waals surface area (Å²) in [6.07, 6.45) is 1.60. The Morgan fingerprint density at radius 2 is 2.12 bits per heavy atom. The van der Waals surface area contributed by atoms with Crippen molar-refractivity contribution in [1.82, 2.24) is 4.98 Å². The van der Waals surface area contributed by atoms with Crippen LogP contribution in [-0.4, -0.2) is 4.98 Å². The Kier molecular flexibility index (Phi) is 3.59. The fourth-order valence-corrected chi connectivity index (χ4v) is 2.25. The topological polar surface area (TPSA) is 24.9 Å². The van der Waals surface area contributed by atoms with Crippen LogP contribution in [0.5, 0.6) is 0 Å². The predicted molar refractivity (Wildman–Crippen MR) is 65.5 cm³/mol. The van der Waals surface area contributed by atoms with E-state index in [4.69, 9.17) is 11.6 Å². The molecule has 0 radical (unpaired) electrons. The molecule has 1 aromatic carbocycles. The van der Waals surface area contributed by atoms with Gasteiger partial charge in [0.15, 0.2) is 16.1 Å². The molecule has 0 aliphatic rings. The fraction of sp³-hybridized carbons (Fsp3) is 0.182. The van der Waals surface area contributed by atoms with E-state index in [0.717, 1.165) is 4.88 Å². The molecule has 0 aliphatic heterocycles. The largest absolute Gasteiger partial charge is 0.378 e. The number of aromatic nitrogens is 1. The summed E-state index contributed by atoms with van der Waals surface area (Å²) < 4.78 is 27.2. The minimum absolute atomic E-state index is 0.137. The zero-order valence-corrected chi connectivity index (χ0v) is 10.5. The van der Waals surface area contributed by atoms with Gasteiger partial charge in [0.05, 0.1) is 12.2 Å². The highest BCUT2D eigenvalue weighted by atomic mass is 35.5. The molecule has 1 aromatic heterocycles. The highest BCUT2D eigenvalue weighted by Gasteiger charge is 2.10. The van der Waals surface area contributed by atoms with Crippen molar-refractivity contribution in [3.05, 3.63) is 44.9 Å². The molecule has 0 amide bonds. The van der Waals surface area contributed by atoms with Gasteiger partial charge in [-0.15, -0.1) is 11.3 Å². The molecular weight excluding hydrogens is 266 g/mol. The molecule has 2 rings (SSSR count). The first-order chi connectivity index (χ1) is 8.08. The van der Waals surface area contributed by atoms with Gasteiger partial charge in [0, 0.05) is 11.1 Å². The Morgan fingerprint density at radius 1 is 1.35 bits per heavy atom. The van der Waals surface area contributed by atoms with E-state index in [1.54, 1.807) is 6.20 Å². The minimum Gasteiger partial charge on any atom is -0.378 e. The third-order valence-electron chi connectivity index (χ3n) is 2.25. The van der Waals surface area contributed by atoms with Crippen LogP contribution >= 0.6 is 22.9 Å². The Morgan fingerprint density at radius 3 is 2.76 bits per heavy atom. The van der Waals surface area contributed by atoms with Gasteiger partial charge in [-0.05, 0) is 18.6 Å². The van der Waals surface area contributed by atoms with Crippen LogP contribution < -0.4 is 5.32 Å². The molecule has 0 unspecified atom stereocenters. The molecule has 0 saturated heterocycles. The summed E-state index contributed by atoms with van der Waals surface area (Å²) in [6, 6.07) is 3.04. The third kappa shape index (κ3) is 2.73. The standard InChI is InChI=1S/C11H9ClF2N2S/c1-6-2-3-8(10(14)9(6)13)15-4-7-5-16-11(12)17-7/h2-3,5,15H,4H2,1H3. The lowest BCUT2D eigenvalue weighted by atomic mass is 10.2. The molecule has 1 heterocycles. The van der Waals surface area contributed by atoms with Crippen molar-refractivity contribution in [2.24, 2.45) is 0 Å². The van der Waals surface area contributed by atoms with Gasteiger partial charge >= 0.3 is 0 Å². The van der Waals surface area contributed by atoms with E-state index in [0.29, 0.717) is 11.0 Å². The number of hydrogen-bond donors (Lipinski definition) is 1. The van der Waals surface area contributed by atoms with Gasteiger partial charge in [-0.25, -0.2) is 13.8 Å². The lowest BCUT2D eigenvalue weighted by Gasteiger charge is -2.07. The summed E-state index contributed by atoms with van der Waals surface area (Å²) in [5.74, 6) is -1.68. The maximum Gasteiger partial charge on any atom is 0.183 e. The van der Waals surface area contributed by atoms with E-state index >= 15 is 0 Å². The number of nitrogens with one attached hydrogen (secondary N) is 1. The second-order valence-corrected chi connectivity index (χ2v) is 5.19. The minimum atomic E-state index is -0.861. The Hall–Kier alpha value is -1.20. The molecule has 1 N–H and O–H groups in total. The van der Waals surface area contributed by atoms with Crippen molar-refractivity contribution in [2.75, 3.05) is 5.32 Å². The smallest absolute Gasteiger partial charge is 0.183 e. The van der Waals surface area contributed by atoms with Gasteiger partial charge in [-0.2, -0.15) is 0 Å². The van der Waals surface area contributed by atoms with Crippen LogP contribution in [0.25, 0.3) is 0 Å². The van der Waals surface area contributed by atoms with E-state index in [-0.39, 0.29) is 11.3 Å². The maximum absolute atomic E-state index is 13.5. The summed E-state index contributed by atoms with van der Waals surface area (Å²) in [5.41, 5.74) is 0.423. The van der Waals surface area contributed by atoms with E-state index < -0.39 is 11.6 Å². The molecule has 6 heteroatoms. The Balaban J connectivity index is 2.12. The molecule has 0 atom stereocenters. The number of nitrogens with zero attached hydrogens (tertiary/aromatic N) is 1. The predicted octanol–water partition coefficient (Wildman–Crippen LogP) is 4.00. The molecule has 0 spiro atoms. The van der Waals surface area contributed by atoms with Crippen molar-refractivity contribution in [2.45, 2.75) is 13.5 Å². The molecule has 0 bridgehead atoms. The highest BCUT2D eigenvalue weighted by Crippen LogP contribution is 2.22. The van der Waals surface area contributed by atoms with Crippen molar-refractivity contribution >= 4 is 28.6 Å². The lowest BCUT2D eigenvalue weighted by molar-refractivity contribution is 0.505. The van der Waals surface area contributed by atoms with E-state index in [2.05, 4.69) is 10.3 Å². The average molecular weight is 275 g/mol. The van der Waals surface area contributed by atoms with Crippen molar-refractivity contribution < 1.29 is 8.78 Å². The lowest BCUT2D eigenvalue weighted by Crippen LogP contribution is -2.02. The number of thiazole rings is 1. The number of anilines is 1. The second kappa shape index (κ2) is 4.98. The average Bonchev–Trinajstić information content (AvgIpc) is 2.71. The Bertz CT molecular complexity index is 542. The van der Waals surface area contributed by atoms with Gasteiger partial charge in [0.2, 0.25) is 0 Å². The summed E-state index contributed by atoms with van der Waals surface area (Å²) >= 11 is 6.96. The molecule has 2 nitrogen and oxygen atoms in total. The quantitative estimate of drug-likeness (QED) is 0.915. The maximum atomic E-state index is 13.5. The highest BCUT2D eigenvalue weighted by molar-refractivity contribution is 7.15. The van der Waals surface area contributed by atoms with Crippen LogP contribution in [0.2, 0.25) is 4.47 Å². The third-order valence-corrected chi connectivity index (χ3v) is 3.37. The zero-order chi connectivity index (χ0) is 12.4. The second-order valence-electron chi connectivity index (χ2n) is 3.49. The molecule has 17 heavy (non-hydrogen) atoms. The van der Waals surface area contributed by atoms with Crippen molar-refractivity contribution in [3.8, 4) is 0 Å². The van der Waals surface area contributed by atoms with Crippen LogP contribution in [0.4, 0.5) is 14.5 Å². The van der Waals surface area contributed by atoms with Gasteiger partial charge in [-0.3, -0.25) is 0 Å². The van der Waals surface area contributed by atoms with Gasteiger partial charge in [0.25, 0.3) is 0 Å². The van der Waals surface area contributed by atoms with Crippen molar-refractivity contribution in [3.63, 3.8) is 0 Å². The first-order valence-corrected chi connectivity index (χ1v) is 6.06. The molecule has 0 saturated carbocycles. The molecule has 2 aromatic rings. The summed E-state index contributed by atoms with van der Waals surface area (Å²) in [7, 11) is 0. The summed E-state index contributed by atoms with van der Waals surface area (Å²) in [6.45, 7) is 1.88. The van der Waals surface area contributed by atoms with Gasteiger partial charge in [-0.1, -0.05) is 17.7 Å². The van der Waals surface area contributed by atoms with E-state index in [1.807, 2.05) is 0 Å². The van der Waals surface area contributed by atoms with E-state index in [9.17, 15) is 8.78 Å². The zero-order valence-electron chi connectivity index (χ0n) is 8.93. The normalized spacial score (nSPS) is 10.6. The fourth-order valence-electron chi connectivity index (χ4n) is 1.33. The number of hydrogen-bond acceptors (Lipinski definition) is 3. The van der Waals surface area contributed by atoms with Crippen molar-refractivity contribution in [1.29, 1.82) is 0 Å². The molecule has 90 valence electrons. The Labute approximate surface area is 106 Å². The first kappa shape index (κ1) is 12.3. The van der Waals surface area contributed by atoms with Crippen LogP contribution in [0.1, 0.15) is 10.4 Å². The molecule has 0 aliphatic carbocycles.